The Bertz CT molecular complexity index is 2420. The van der Waals surface area contributed by atoms with Crippen LogP contribution in [0.1, 0.15) is 126 Å². The zero-order valence-corrected chi connectivity index (χ0v) is 51.0. The van der Waals surface area contributed by atoms with Gasteiger partial charge in [-0.1, -0.05) is 105 Å². The molecule has 0 bridgehead atoms. The molecule has 1 aliphatic heterocycles. The maximum atomic E-state index is 14.4. The van der Waals surface area contributed by atoms with E-state index in [1.54, 1.807) is 62.4 Å². The van der Waals surface area contributed by atoms with Crippen molar-refractivity contribution in [3.8, 4) is 0 Å². The second kappa shape index (κ2) is 37.2. The summed E-state index contributed by atoms with van der Waals surface area (Å²) in [4.78, 5) is 164. The number of esters is 1. The number of aliphatic hydroxyl groups excluding tert-OH is 2. The second-order valence-electron chi connectivity index (χ2n) is 22.2. The third kappa shape index (κ3) is 23.9. The Kier molecular flexibility index (Phi) is 32.3. The Hall–Kier alpha value is -7.30. The molecule has 2 rings (SSSR count). The van der Waals surface area contributed by atoms with Crippen LogP contribution in [0, 0.1) is 23.7 Å². The van der Waals surface area contributed by atoms with Crippen molar-refractivity contribution < 1.29 is 72.5 Å². The van der Waals surface area contributed by atoms with Gasteiger partial charge in [-0.2, -0.15) is 0 Å². The van der Waals surface area contributed by atoms with E-state index in [0.29, 0.717) is 19.3 Å². The first-order valence-corrected chi connectivity index (χ1v) is 29.3. The van der Waals surface area contributed by atoms with Crippen LogP contribution < -0.4 is 70.0 Å². The number of likely N-dealkylation sites (N-methyl/N-ethyl adjacent to an activating group) is 1. The fourth-order valence-corrected chi connectivity index (χ4v) is 8.97. The minimum absolute atomic E-state index is 0.0913. The number of benzene rings is 1. The molecule has 0 aromatic heterocycles. The predicted molar refractivity (Wildman–Crippen MR) is 312 cm³/mol. The Morgan fingerprint density at radius 2 is 1.06 bits per heavy atom. The number of hydrogen-bond donors (Lipinski definition) is 15. The van der Waals surface area contributed by atoms with Crippen LogP contribution in [0.5, 0.6) is 0 Å². The number of carbonyl (C=O) groups excluding carboxylic acids is 12. The van der Waals surface area contributed by atoms with E-state index >= 15 is 0 Å². The van der Waals surface area contributed by atoms with Crippen molar-refractivity contribution in [1.29, 1.82) is 0 Å². The van der Waals surface area contributed by atoms with Crippen LogP contribution in [0.4, 0.5) is 0 Å². The van der Waals surface area contributed by atoms with Gasteiger partial charge in [0.25, 0.3) is 0 Å². The van der Waals surface area contributed by atoms with Crippen molar-refractivity contribution in [3.05, 3.63) is 35.9 Å². The van der Waals surface area contributed by atoms with Gasteiger partial charge >= 0.3 is 5.97 Å². The molecule has 1 heterocycles. The molecule has 85 heavy (non-hydrogen) atoms. The third-order valence-electron chi connectivity index (χ3n) is 15.0. The quantitative estimate of drug-likeness (QED) is 0.0308. The summed E-state index contributed by atoms with van der Waals surface area (Å²) in [5, 5.41) is 49.2. The number of primary amides is 1. The fraction of sp³-hybridized carbons (Fsp3) is 0.684. The molecule has 0 unspecified atom stereocenters. The molecule has 1 aromatic carbocycles. The predicted octanol–water partition coefficient (Wildman–Crippen LogP) is -3.20. The van der Waals surface area contributed by atoms with Crippen molar-refractivity contribution in [1.82, 2.24) is 58.5 Å². The summed E-state index contributed by atoms with van der Waals surface area (Å²) in [5.74, 6) is -12.6. The smallest absolute Gasteiger partial charge is 0.328 e. The lowest BCUT2D eigenvalue weighted by molar-refractivity contribution is -0.156. The average Bonchev–Trinajstić information content (AvgIpc) is 3.83. The van der Waals surface area contributed by atoms with Gasteiger partial charge in [0.15, 0.2) is 0 Å². The Balaban J connectivity index is 2.40. The molecular weight excluding hydrogens is 1110 g/mol. The van der Waals surface area contributed by atoms with Crippen LogP contribution in [0.2, 0.25) is 0 Å². The van der Waals surface area contributed by atoms with Gasteiger partial charge < -0.3 is 84.9 Å². The lowest BCUT2D eigenvalue weighted by Gasteiger charge is -2.31. The van der Waals surface area contributed by atoms with Crippen LogP contribution in [0.25, 0.3) is 0 Å². The van der Waals surface area contributed by atoms with Crippen LogP contribution in [0.15, 0.2) is 30.3 Å². The maximum Gasteiger partial charge on any atom is 0.328 e. The molecule has 15 atom stereocenters. The molecule has 1 fully saturated rings. The van der Waals surface area contributed by atoms with Gasteiger partial charge in [0, 0.05) is 6.42 Å². The Morgan fingerprint density at radius 1 is 0.600 bits per heavy atom. The maximum absolute atomic E-state index is 14.4. The fourth-order valence-electron chi connectivity index (χ4n) is 8.97. The first-order valence-electron chi connectivity index (χ1n) is 29.3. The normalized spacial score (nSPS) is 21.1. The van der Waals surface area contributed by atoms with Gasteiger partial charge in [-0.3, -0.25) is 52.7 Å². The summed E-state index contributed by atoms with van der Waals surface area (Å²) in [6, 6.07) is -6.12. The van der Waals surface area contributed by atoms with E-state index in [0.717, 1.165) is 5.56 Å². The lowest BCUT2D eigenvalue weighted by atomic mass is 9.94. The zero-order valence-electron chi connectivity index (χ0n) is 51.0. The highest BCUT2D eigenvalue weighted by atomic mass is 16.5. The molecule has 0 radical (unpaired) electrons. The van der Waals surface area contributed by atoms with E-state index in [2.05, 4.69) is 58.5 Å². The van der Waals surface area contributed by atoms with Crippen molar-refractivity contribution in [2.45, 2.75) is 200 Å². The molecule has 1 aromatic rings. The van der Waals surface area contributed by atoms with Gasteiger partial charge in [0.2, 0.25) is 65.0 Å². The lowest BCUT2D eigenvalue weighted by Crippen LogP contribution is -2.63. The van der Waals surface area contributed by atoms with E-state index in [1.807, 2.05) is 30.3 Å². The SMILES string of the molecule is CC[C@@H](C)[C@@H](NC(=O)[C@@H](CCC(N)=O)NC(=O)[C@H](CO)NC(=O)[C@@H](NC(=O)[C@@H](Cc1ccccc1)NC)[C@@H](C)CC)C(=O)N[C@H](C(=O)N[C@@H](CO)C(=O)N[C@H]1C(=O)N[C@@H](C)C(=O)N[C@@H](CCCN)C(=O)N[C@@H](CC(C)C)C(=O)O[C@H]1C)[C@@H](C)CC. The van der Waals surface area contributed by atoms with E-state index < -0.39 is 187 Å². The van der Waals surface area contributed by atoms with Crippen LogP contribution in [0.3, 0.4) is 0 Å². The first kappa shape index (κ1) is 73.8. The molecule has 28 nitrogen and oxygen atoms in total. The minimum atomic E-state index is -1.81. The molecule has 0 spiro atoms. The molecule has 478 valence electrons. The number of amides is 11. The monoisotopic (exact) mass is 1200 g/mol. The number of carbonyl (C=O) groups is 12. The number of hydrogen-bond acceptors (Lipinski definition) is 17. The van der Waals surface area contributed by atoms with E-state index in [-0.39, 0.29) is 38.1 Å². The van der Waals surface area contributed by atoms with Gasteiger partial charge in [0.05, 0.1) is 19.3 Å². The average molecular weight is 1200 g/mol. The molecule has 1 aliphatic rings. The van der Waals surface area contributed by atoms with Gasteiger partial charge in [-0.05, 0) is 88.8 Å². The summed E-state index contributed by atoms with van der Waals surface area (Å²) in [6.07, 6.45) is -0.535. The van der Waals surface area contributed by atoms with Crippen molar-refractivity contribution in [2.24, 2.45) is 35.1 Å². The number of cyclic esters (lactones) is 1. The van der Waals surface area contributed by atoms with Gasteiger partial charge in [0.1, 0.15) is 66.5 Å². The molecule has 11 amide bonds. The largest absolute Gasteiger partial charge is 0.458 e. The summed E-state index contributed by atoms with van der Waals surface area (Å²) < 4.78 is 5.67. The second-order valence-corrected chi connectivity index (χ2v) is 22.2. The van der Waals surface area contributed by atoms with Crippen molar-refractivity contribution in [2.75, 3.05) is 26.8 Å². The van der Waals surface area contributed by atoms with Crippen molar-refractivity contribution >= 4 is 70.9 Å². The number of ether oxygens (including phenoxy) is 1. The zero-order chi connectivity index (χ0) is 64.2. The topological polar surface area (TPSA) is 439 Å². The van der Waals surface area contributed by atoms with E-state index in [1.165, 1.54) is 13.8 Å². The molecule has 17 N–H and O–H groups in total. The third-order valence-corrected chi connectivity index (χ3v) is 15.0. The van der Waals surface area contributed by atoms with Gasteiger partial charge in [-0.25, -0.2) is 4.79 Å². The van der Waals surface area contributed by atoms with Crippen LogP contribution >= 0.6 is 0 Å². The molecule has 28 heteroatoms. The molecule has 0 saturated carbocycles. The Morgan fingerprint density at radius 3 is 1.53 bits per heavy atom. The number of rotatable bonds is 33. The highest BCUT2D eigenvalue weighted by molar-refractivity contribution is 5.99. The number of aliphatic hydroxyl groups is 2. The standard InChI is InChI=1S/C57H95N13O15/c1-12-30(6)43(68-50(77)38(60-11)26-35-19-16-15-17-20-35)53(80)65-40(27-71)51(78)63-37(22-23-42(59)73)49(76)67-45(32(8)14-3)55(82)69-44(31(7)13-2)54(81)66-41(28-72)52(79)70-46-34(10)85-57(84)39(25-29(4)5)64-48(75)36(21-18-24-58)62-47(74)33(9)61-56(46)83/h15-17,19-20,29-34,36-41,43-46,60,71-72H,12-14,18,21-28,58H2,1-11H3,(H2,59,73)(H,61,83)(H,62,74)(H,63,78)(H,64,75)(H,65,80)(H,66,81)(H,67,76)(H,68,77)(H,69,82)(H,70,79)/t30-,31-,32+,33-,34-,36-,37+,38+,39-,40-,41-,43-,44-,45+,46+/m0/s1. The molecule has 0 aliphatic carbocycles. The molecular formula is C57H95N13O15. The molecule has 1 saturated heterocycles. The van der Waals surface area contributed by atoms with Gasteiger partial charge in [-0.15, -0.1) is 0 Å². The Labute approximate surface area is 497 Å². The minimum Gasteiger partial charge on any atom is -0.458 e. The van der Waals surface area contributed by atoms with E-state index in [9.17, 15) is 67.7 Å². The summed E-state index contributed by atoms with van der Waals surface area (Å²) in [5.41, 5.74) is 12.0. The van der Waals surface area contributed by atoms with E-state index in [4.69, 9.17) is 16.2 Å². The summed E-state index contributed by atoms with van der Waals surface area (Å²) >= 11 is 0. The number of nitrogens with two attached hydrogens (primary N) is 2. The first-order chi connectivity index (χ1) is 40.1. The highest BCUT2D eigenvalue weighted by Crippen LogP contribution is 2.17. The summed E-state index contributed by atoms with van der Waals surface area (Å²) in [7, 11) is 1.60. The van der Waals surface area contributed by atoms with Crippen molar-refractivity contribution in [3.63, 3.8) is 0 Å². The van der Waals surface area contributed by atoms with Crippen LogP contribution in [-0.2, 0) is 68.7 Å². The summed E-state index contributed by atoms with van der Waals surface area (Å²) in [6.45, 7) is 14.5. The van der Waals surface area contributed by atoms with Crippen LogP contribution in [-0.4, -0.2) is 181 Å². The number of nitrogens with one attached hydrogen (secondary N) is 11. The highest BCUT2D eigenvalue weighted by Gasteiger charge is 2.40.